The molecule has 0 heterocycles. The van der Waals surface area contributed by atoms with Crippen molar-refractivity contribution in [2.45, 2.75) is 103 Å². The second kappa shape index (κ2) is 18.5. The van der Waals surface area contributed by atoms with E-state index in [4.69, 9.17) is 5.11 Å². The molecule has 0 aliphatic rings. The Kier molecular flexibility index (Phi) is 18.1. The van der Waals surface area contributed by atoms with Crippen molar-refractivity contribution in [1.82, 2.24) is 0 Å². The summed E-state index contributed by atoms with van der Waals surface area (Å²) in [5, 5.41) is 8.66. The number of rotatable bonds is 14. The van der Waals surface area contributed by atoms with Crippen LogP contribution in [0.25, 0.3) is 0 Å². The zero-order valence-electron chi connectivity index (χ0n) is 13.8. The van der Waals surface area contributed by atoms with E-state index in [9.17, 15) is 0 Å². The fourth-order valence-electron chi connectivity index (χ4n) is 2.38. The molecule has 0 saturated heterocycles. The van der Waals surface area contributed by atoms with Gasteiger partial charge in [-0.15, -0.1) is 11.8 Å². The minimum atomic E-state index is 0.351. The average Bonchev–Trinajstić information content (AvgIpc) is 2.47. The summed E-state index contributed by atoms with van der Waals surface area (Å²) in [6.07, 6.45) is 19.1. The monoisotopic (exact) mass is 280 g/mol. The number of aliphatic hydroxyl groups is 1. The molecule has 0 fully saturated rings. The van der Waals surface area contributed by atoms with Crippen LogP contribution in [0, 0.1) is 11.8 Å². The maximum Gasteiger partial charge on any atom is 0.0431 e. The smallest absolute Gasteiger partial charge is 0.0431 e. The summed E-state index contributed by atoms with van der Waals surface area (Å²) in [4.78, 5) is 0. The van der Waals surface area contributed by atoms with Gasteiger partial charge in [0.1, 0.15) is 0 Å². The second-order valence-corrected chi connectivity index (χ2v) is 5.82. The molecule has 0 atom stereocenters. The number of aliphatic hydroxyl groups excluding tert-OH is 1. The van der Waals surface area contributed by atoms with Crippen LogP contribution in [0.5, 0.6) is 0 Å². The maximum atomic E-state index is 8.66. The first-order chi connectivity index (χ1) is 9.91. The molecule has 0 rings (SSSR count). The fraction of sp³-hybridized carbons (Fsp3) is 0.895. The van der Waals surface area contributed by atoms with Crippen LogP contribution in [-0.2, 0) is 0 Å². The van der Waals surface area contributed by atoms with E-state index in [-0.39, 0.29) is 0 Å². The van der Waals surface area contributed by atoms with E-state index in [0.29, 0.717) is 6.61 Å². The zero-order chi connectivity index (χ0) is 14.7. The Balaban J connectivity index is 3.06. The van der Waals surface area contributed by atoms with Gasteiger partial charge in [0.25, 0.3) is 0 Å². The van der Waals surface area contributed by atoms with Gasteiger partial charge >= 0.3 is 0 Å². The lowest BCUT2D eigenvalue weighted by molar-refractivity contribution is 0.282. The standard InChI is InChI=1S/C19H36O/c1-2-3-4-5-6-7-8-9-10-11-12-13-14-15-16-17-18-19-20/h20H,2-9,12-19H2,1H3. The molecule has 1 nitrogen and oxygen atoms in total. The van der Waals surface area contributed by atoms with Crippen molar-refractivity contribution in [2.24, 2.45) is 0 Å². The van der Waals surface area contributed by atoms with Gasteiger partial charge in [0.2, 0.25) is 0 Å². The highest BCUT2D eigenvalue weighted by Crippen LogP contribution is 2.08. The third kappa shape index (κ3) is 17.5. The predicted molar refractivity (Wildman–Crippen MR) is 89.8 cm³/mol. The molecule has 0 amide bonds. The van der Waals surface area contributed by atoms with Gasteiger partial charge in [0.15, 0.2) is 0 Å². The number of hydrogen-bond acceptors (Lipinski definition) is 1. The number of hydrogen-bond donors (Lipinski definition) is 1. The summed E-state index contributed by atoms with van der Waals surface area (Å²) in [6.45, 7) is 2.62. The Morgan fingerprint density at radius 1 is 0.550 bits per heavy atom. The van der Waals surface area contributed by atoms with E-state index < -0.39 is 0 Å². The molecule has 0 spiro atoms. The van der Waals surface area contributed by atoms with Gasteiger partial charge in [-0.3, -0.25) is 0 Å². The SMILES string of the molecule is CCCCCCCCCC#CCCCCCCCCO. The van der Waals surface area contributed by atoms with E-state index in [2.05, 4.69) is 18.8 Å². The molecule has 118 valence electrons. The van der Waals surface area contributed by atoms with E-state index in [1.54, 1.807) is 0 Å². The van der Waals surface area contributed by atoms with Crippen LogP contribution >= 0.6 is 0 Å². The van der Waals surface area contributed by atoms with Gasteiger partial charge in [-0.05, 0) is 19.3 Å². The van der Waals surface area contributed by atoms with Crippen molar-refractivity contribution in [3.63, 3.8) is 0 Å². The predicted octanol–water partition coefficient (Wildman–Crippen LogP) is 5.85. The molecule has 0 bridgehead atoms. The third-order valence-electron chi connectivity index (χ3n) is 3.74. The van der Waals surface area contributed by atoms with Crippen molar-refractivity contribution < 1.29 is 5.11 Å². The highest BCUT2D eigenvalue weighted by molar-refractivity contribution is 4.98. The first kappa shape index (κ1) is 19.5. The Morgan fingerprint density at radius 2 is 0.950 bits per heavy atom. The van der Waals surface area contributed by atoms with Crippen LogP contribution < -0.4 is 0 Å². The largest absolute Gasteiger partial charge is 0.396 e. The summed E-state index contributed by atoms with van der Waals surface area (Å²) in [5.41, 5.74) is 0. The lowest BCUT2D eigenvalue weighted by Crippen LogP contribution is -1.83. The fourth-order valence-corrected chi connectivity index (χ4v) is 2.38. The van der Waals surface area contributed by atoms with Crippen LogP contribution in [0.15, 0.2) is 0 Å². The normalized spacial score (nSPS) is 10.3. The van der Waals surface area contributed by atoms with Gasteiger partial charge in [0.05, 0.1) is 0 Å². The summed E-state index contributed by atoms with van der Waals surface area (Å²) >= 11 is 0. The topological polar surface area (TPSA) is 20.2 Å². The molecule has 1 N–H and O–H groups in total. The van der Waals surface area contributed by atoms with Crippen LogP contribution in [0.4, 0.5) is 0 Å². The van der Waals surface area contributed by atoms with E-state index in [1.807, 2.05) is 0 Å². The van der Waals surface area contributed by atoms with Gasteiger partial charge in [-0.1, -0.05) is 71.1 Å². The minimum Gasteiger partial charge on any atom is -0.396 e. The lowest BCUT2D eigenvalue weighted by Gasteiger charge is -1.98. The molecule has 0 unspecified atom stereocenters. The zero-order valence-corrected chi connectivity index (χ0v) is 13.8. The van der Waals surface area contributed by atoms with E-state index >= 15 is 0 Å². The first-order valence-corrected chi connectivity index (χ1v) is 8.98. The van der Waals surface area contributed by atoms with Crippen LogP contribution in [-0.4, -0.2) is 11.7 Å². The molecular formula is C19H36O. The summed E-state index contributed by atoms with van der Waals surface area (Å²) < 4.78 is 0. The first-order valence-electron chi connectivity index (χ1n) is 8.98. The summed E-state index contributed by atoms with van der Waals surface area (Å²) in [5.74, 6) is 6.62. The molecule has 1 heteroatoms. The van der Waals surface area contributed by atoms with E-state index in [1.165, 1.54) is 77.0 Å². The van der Waals surface area contributed by atoms with Crippen molar-refractivity contribution >= 4 is 0 Å². The molecule has 0 aliphatic heterocycles. The summed E-state index contributed by atoms with van der Waals surface area (Å²) in [7, 11) is 0. The Labute approximate surface area is 127 Å². The van der Waals surface area contributed by atoms with Crippen molar-refractivity contribution in [1.29, 1.82) is 0 Å². The van der Waals surface area contributed by atoms with Crippen LogP contribution in [0.3, 0.4) is 0 Å². The highest BCUT2D eigenvalue weighted by Gasteiger charge is 1.90. The van der Waals surface area contributed by atoms with Gasteiger partial charge in [0, 0.05) is 19.4 Å². The van der Waals surface area contributed by atoms with Crippen LogP contribution in [0.2, 0.25) is 0 Å². The highest BCUT2D eigenvalue weighted by atomic mass is 16.2. The van der Waals surface area contributed by atoms with Gasteiger partial charge in [-0.25, -0.2) is 0 Å². The lowest BCUT2D eigenvalue weighted by atomic mass is 10.1. The molecule has 0 aromatic heterocycles. The molecule has 0 radical (unpaired) electrons. The quantitative estimate of drug-likeness (QED) is 0.312. The molecule has 0 aromatic carbocycles. The van der Waals surface area contributed by atoms with Crippen molar-refractivity contribution in [3.05, 3.63) is 0 Å². The van der Waals surface area contributed by atoms with E-state index in [0.717, 1.165) is 19.3 Å². The summed E-state index contributed by atoms with van der Waals surface area (Å²) in [6, 6.07) is 0. The minimum absolute atomic E-state index is 0.351. The molecule has 0 aromatic rings. The average molecular weight is 280 g/mol. The number of unbranched alkanes of at least 4 members (excludes halogenated alkanes) is 13. The van der Waals surface area contributed by atoms with Gasteiger partial charge < -0.3 is 5.11 Å². The van der Waals surface area contributed by atoms with Gasteiger partial charge in [-0.2, -0.15) is 0 Å². The van der Waals surface area contributed by atoms with Crippen LogP contribution in [0.1, 0.15) is 103 Å². The van der Waals surface area contributed by atoms with Crippen molar-refractivity contribution in [3.8, 4) is 11.8 Å². The second-order valence-electron chi connectivity index (χ2n) is 5.82. The Bertz CT molecular complexity index is 202. The maximum absolute atomic E-state index is 8.66. The molecular weight excluding hydrogens is 244 g/mol. The van der Waals surface area contributed by atoms with Crippen molar-refractivity contribution in [2.75, 3.05) is 6.61 Å². The molecule has 0 aliphatic carbocycles. The third-order valence-corrected chi connectivity index (χ3v) is 3.74. The Morgan fingerprint density at radius 3 is 1.40 bits per heavy atom. The Hall–Kier alpha value is -0.480. The molecule has 20 heavy (non-hydrogen) atoms. The molecule has 0 saturated carbocycles.